The molecule has 2 aliphatic rings. The lowest BCUT2D eigenvalue weighted by molar-refractivity contribution is -0.0498. The fraction of sp³-hybridized carbons (Fsp3) is 0.647. The lowest BCUT2D eigenvalue weighted by Gasteiger charge is -2.43. The number of fused-ring (bicyclic) bond motifs is 1. The molecule has 0 aromatic heterocycles. The van der Waals surface area contributed by atoms with Gasteiger partial charge in [-0.05, 0) is 43.5 Å². The van der Waals surface area contributed by atoms with Crippen molar-refractivity contribution in [1.29, 1.82) is 0 Å². The fourth-order valence-electron chi connectivity index (χ4n) is 3.74. The van der Waals surface area contributed by atoms with Crippen LogP contribution in [0.1, 0.15) is 31.7 Å². The summed E-state index contributed by atoms with van der Waals surface area (Å²) in [4.78, 5) is 5.18. The summed E-state index contributed by atoms with van der Waals surface area (Å²) in [5.41, 5.74) is 1.16. The molecule has 0 bridgehead atoms. The number of nitrogens with zero attached hydrogens (tertiary/aromatic N) is 2. The van der Waals surface area contributed by atoms with Crippen LogP contribution in [-0.2, 0) is 6.54 Å². The summed E-state index contributed by atoms with van der Waals surface area (Å²) in [6, 6.07) is 8.34. The minimum absolute atomic E-state index is 0.228. The van der Waals surface area contributed by atoms with Gasteiger partial charge < -0.3 is 4.74 Å². The van der Waals surface area contributed by atoms with Crippen LogP contribution in [0.5, 0.6) is 5.75 Å². The molecule has 1 aromatic carbocycles. The third-order valence-corrected chi connectivity index (χ3v) is 4.91. The molecule has 2 aliphatic heterocycles. The number of alkyl halides is 2. The van der Waals surface area contributed by atoms with Crippen molar-refractivity contribution in [2.45, 2.75) is 51.4 Å². The topological polar surface area (TPSA) is 15.7 Å². The first-order valence-electron chi connectivity index (χ1n) is 8.17. The summed E-state index contributed by atoms with van der Waals surface area (Å²) < 4.78 is 28.8. The number of hydrogen-bond acceptors (Lipinski definition) is 3. The van der Waals surface area contributed by atoms with Crippen LogP contribution < -0.4 is 4.74 Å². The second kappa shape index (κ2) is 6.92. The summed E-state index contributed by atoms with van der Waals surface area (Å²) in [6.45, 7) is 3.90. The molecule has 0 spiro atoms. The maximum atomic E-state index is 12.2. The van der Waals surface area contributed by atoms with Crippen molar-refractivity contribution in [3.05, 3.63) is 29.8 Å². The minimum atomic E-state index is -2.76. The van der Waals surface area contributed by atoms with Crippen LogP contribution in [0.3, 0.4) is 0 Å². The number of piperazine rings is 1. The Morgan fingerprint density at radius 2 is 2.00 bits per heavy atom. The average molecular weight is 310 g/mol. The van der Waals surface area contributed by atoms with Gasteiger partial charge in [0.2, 0.25) is 0 Å². The van der Waals surface area contributed by atoms with Crippen LogP contribution in [0.15, 0.2) is 24.3 Å². The Balaban J connectivity index is 1.63. The van der Waals surface area contributed by atoms with E-state index in [1.807, 2.05) is 12.1 Å². The van der Waals surface area contributed by atoms with E-state index in [0.717, 1.165) is 31.6 Å². The minimum Gasteiger partial charge on any atom is -0.435 e. The predicted octanol–water partition coefficient (Wildman–Crippen LogP) is 3.35. The first-order chi connectivity index (χ1) is 10.7. The van der Waals surface area contributed by atoms with E-state index < -0.39 is 6.61 Å². The van der Waals surface area contributed by atoms with Gasteiger partial charge in [-0.2, -0.15) is 8.78 Å². The Bertz CT molecular complexity index is 480. The van der Waals surface area contributed by atoms with Gasteiger partial charge in [0.1, 0.15) is 5.75 Å². The zero-order valence-electron chi connectivity index (χ0n) is 13.0. The zero-order chi connectivity index (χ0) is 15.5. The maximum Gasteiger partial charge on any atom is 0.387 e. The van der Waals surface area contributed by atoms with Gasteiger partial charge in [-0.1, -0.05) is 19.1 Å². The Morgan fingerprint density at radius 3 is 2.68 bits per heavy atom. The fourth-order valence-corrected chi connectivity index (χ4v) is 3.74. The van der Waals surface area contributed by atoms with Crippen LogP contribution >= 0.6 is 0 Å². The van der Waals surface area contributed by atoms with Crippen molar-refractivity contribution < 1.29 is 13.5 Å². The molecule has 0 N–H and O–H groups in total. The molecule has 2 heterocycles. The van der Waals surface area contributed by atoms with Crippen molar-refractivity contribution in [2.75, 3.05) is 19.6 Å². The SMILES string of the molecule is CC[C@H]1CN2CCC[C@@H]2CN1Cc1ccc(OC(F)F)cc1. The van der Waals surface area contributed by atoms with Gasteiger partial charge in [0.05, 0.1) is 0 Å². The normalized spacial score (nSPS) is 26.4. The molecular weight excluding hydrogens is 286 g/mol. The largest absolute Gasteiger partial charge is 0.435 e. The number of rotatable bonds is 5. The molecule has 1 aromatic rings. The van der Waals surface area contributed by atoms with Gasteiger partial charge in [0.25, 0.3) is 0 Å². The Kier molecular flexibility index (Phi) is 4.93. The first-order valence-corrected chi connectivity index (χ1v) is 8.17. The highest BCUT2D eigenvalue weighted by molar-refractivity contribution is 5.27. The van der Waals surface area contributed by atoms with Gasteiger partial charge in [-0.25, -0.2) is 0 Å². The van der Waals surface area contributed by atoms with Crippen LogP contribution in [0, 0.1) is 0 Å². The molecule has 0 saturated carbocycles. The molecule has 5 heteroatoms. The zero-order valence-corrected chi connectivity index (χ0v) is 13.0. The Hall–Kier alpha value is -1.20. The highest BCUT2D eigenvalue weighted by atomic mass is 19.3. The molecule has 0 unspecified atom stereocenters. The van der Waals surface area contributed by atoms with Crippen molar-refractivity contribution in [3.63, 3.8) is 0 Å². The van der Waals surface area contributed by atoms with Crippen molar-refractivity contribution in [1.82, 2.24) is 9.80 Å². The summed E-state index contributed by atoms with van der Waals surface area (Å²) in [5.74, 6) is 0.228. The predicted molar refractivity (Wildman–Crippen MR) is 82.2 cm³/mol. The van der Waals surface area contributed by atoms with E-state index in [4.69, 9.17) is 0 Å². The number of hydrogen-bond donors (Lipinski definition) is 0. The highest BCUT2D eigenvalue weighted by Gasteiger charge is 2.35. The van der Waals surface area contributed by atoms with E-state index in [2.05, 4.69) is 21.5 Å². The molecular formula is C17H24F2N2O. The number of benzene rings is 1. The Labute approximate surface area is 130 Å². The number of halogens is 2. The van der Waals surface area contributed by atoms with E-state index in [-0.39, 0.29) is 5.75 Å². The van der Waals surface area contributed by atoms with Crippen LogP contribution in [0.2, 0.25) is 0 Å². The monoisotopic (exact) mass is 310 g/mol. The van der Waals surface area contributed by atoms with Crippen molar-refractivity contribution in [2.24, 2.45) is 0 Å². The standard InChI is InChI=1S/C17H24F2N2O/c1-2-14-11-20-9-3-4-15(20)12-21(14)10-13-5-7-16(8-6-13)22-17(18)19/h5-8,14-15,17H,2-4,9-12H2,1H3/t14-,15+/m0/s1. The average Bonchev–Trinajstić information content (AvgIpc) is 2.95. The van der Waals surface area contributed by atoms with Crippen LogP contribution in [0.4, 0.5) is 8.78 Å². The molecule has 2 saturated heterocycles. The number of ether oxygens (including phenoxy) is 1. The summed E-state index contributed by atoms with van der Waals surface area (Å²) >= 11 is 0. The second-order valence-corrected chi connectivity index (χ2v) is 6.30. The van der Waals surface area contributed by atoms with E-state index in [1.165, 1.54) is 19.4 Å². The van der Waals surface area contributed by atoms with Gasteiger partial charge in [0, 0.05) is 31.7 Å². The first kappa shape index (κ1) is 15.7. The quantitative estimate of drug-likeness (QED) is 0.829. The lowest BCUT2D eigenvalue weighted by atomic mass is 10.0. The van der Waals surface area contributed by atoms with Crippen molar-refractivity contribution >= 4 is 0 Å². The summed E-state index contributed by atoms with van der Waals surface area (Å²) in [5, 5.41) is 0. The Morgan fingerprint density at radius 1 is 1.23 bits per heavy atom. The van der Waals surface area contributed by atoms with Gasteiger partial charge in [-0.15, -0.1) is 0 Å². The maximum absolute atomic E-state index is 12.2. The van der Waals surface area contributed by atoms with Crippen LogP contribution in [-0.4, -0.2) is 48.1 Å². The molecule has 0 aliphatic carbocycles. The van der Waals surface area contributed by atoms with E-state index >= 15 is 0 Å². The smallest absolute Gasteiger partial charge is 0.387 e. The molecule has 2 atom stereocenters. The second-order valence-electron chi connectivity index (χ2n) is 6.30. The summed E-state index contributed by atoms with van der Waals surface area (Å²) in [6.07, 6.45) is 3.76. The van der Waals surface area contributed by atoms with E-state index in [1.54, 1.807) is 12.1 Å². The van der Waals surface area contributed by atoms with E-state index in [0.29, 0.717) is 12.1 Å². The molecule has 0 radical (unpaired) electrons. The third-order valence-electron chi connectivity index (χ3n) is 4.91. The lowest BCUT2D eigenvalue weighted by Crippen LogP contribution is -2.55. The molecule has 2 fully saturated rings. The molecule has 3 rings (SSSR count). The van der Waals surface area contributed by atoms with Crippen molar-refractivity contribution in [3.8, 4) is 5.75 Å². The summed E-state index contributed by atoms with van der Waals surface area (Å²) in [7, 11) is 0. The molecule has 0 amide bonds. The highest BCUT2D eigenvalue weighted by Crippen LogP contribution is 2.27. The van der Waals surface area contributed by atoms with Crippen LogP contribution in [0.25, 0.3) is 0 Å². The molecule has 3 nitrogen and oxygen atoms in total. The van der Waals surface area contributed by atoms with E-state index in [9.17, 15) is 8.78 Å². The molecule has 22 heavy (non-hydrogen) atoms. The molecule has 122 valence electrons. The third kappa shape index (κ3) is 3.58. The van der Waals surface area contributed by atoms with Gasteiger partial charge in [-0.3, -0.25) is 9.80 Å². The van der Waals surface area contributed by atoms with Gasteiger partial charge in [0.15, 0.2) is 0 Å². The van der Waals surface area contributed by atoms with Gasteiger partial charge >= 0.3 is 6.61 Å².